The Kier molecular flexibility index (Phi) is 3.05. The molecule has 2 heterocycles. The minimum atomic E-state index is 0.330. The first-order valence-corrected chi connectivity index (χ1v) is 6.80. The number of aryl methyl sites for hydroxylation is 4. The third kappa shape index (κ3) is 2.20. The van der Waals surface area contributed by atoms with Crippen LogP contribution in [0, 0.1) is 20.8 Å². The molecule has 0 aliphatic heterocycles. The van der Waals surface area contributed by atoms with Crippen molar-refractivity contribution >= 4 is 5.88 Å². The van der Waals surface area contributed by atoms with Gasteiger partial charge in [-0.2, -0.15) is 5.10 Å². The zero-order valence-electron chi connectivity index (χ0n) is 12.6. The van der Waals surface area contributed by atoms with Gasteiger partial charge in [0.15, 0.2) is 0 Å². The fourth-order valence-electron chi connectivity index (χ4n) is 2.49. The number of nitrogens with two attached hydrogens (primary N) is 1. The molecule has 0 aliphatic carbocycles. The lowest BCUT2D eigenvalue weighted by atomic mass is 9.98. The molecular formula is C16H18N4O. The van der Waals surface area contributed by atoms with Crippen molar-refractivity contribution in [2.45, 2.75) is 20.8 Å². The van der Waals surface area contributed by atoms with Gasteiger partial charge in [0.1, 0.15) is 5.69 Å². The molecule has 108 valence electrons. The van der Waals surface area contributed by atoms with E-state index in [0.717, 1.165) is 28.1 Å². The maximum atomic E-state index is 6.00. The molecule has 0 fully saturated rings. The summed E-state index contributed by atoms with van der Waals surface area (Å²) in [6.07, 6.45) is 1.93. The Balaban J connectivity index is 2.21. The molecule has 0 spiro atoms. The molecule has 0 saturated heterocycles. The van der Waals surface area contributed by atoms with Crippen molar-refractivity contribution in [2.75, 3.05) is 5.73 Å². The van der Waals surface area contributed by atoms with E-state index in [1.54, 1.807) is 4.68 Å². The lowest BCUT2D eigenvalue weighted by Crippen LogP contribution is -1.90. The van der Waals surface area contributed by atoms with Crippen molar-refractivity contribution in [3.63, 3.8) is 0 Å². The lowest BCUT2D eigenvalue weighted by Gasteiger charge is -2.05. The highest BCUT2D eigenvalue weighted by Crippen LogP contribution is 2.37. The Labute approximate surface area is 123 Å². The van der Waals surface area contributed by atoms with E-state index in [2.05, 4.69) is 36.2 Å². The van der Waals surface area contributed by atoms with Crippen LogP contribution in [-0.2, 0) is 7.05 Å². The molecule has 0 aliphatic rings. The maximum absolute atomic E-state index is 6.00. The number of rotatable bonds is 2. The summed E-state index contributed by atoms with van der Waals surface area (Å²) in [5.74, 6) is 0.330. The van der Waals surface area contributed by atoms with Gasteiger partial charge in [-0.25, -0.2) is 0 Å². The van der Waals surface area contributed by atoms with E-state index < -0.39 is 0 Å². The van der Waals surface area contributed by atoms with Crippen molar-refractivity contribution < 1.29 is 4.52 Å². The fraction of sp³-hybridized carbons (Fsp3) is 0.250. The van der Waals surface area contributed by atoms with Crippen LogP contribution in [0.5, 0.6) is 0 Å². The van der Waals surface area contributed by atoms with Crippen LogP contribution in [0.1, 0.15) is 16.8 Å². The van der Waals surface area contributed by atoms with Crippen LogP contribution < -0.4 is 5.73 Å². The molecule has 3 rings (SSSR count). The van der Waals surface area contributed by atoms with Gasteiger partial charge in [0.2, 0.25) is 5.88 Å². The SMILES string of the molecule is Cc1ccc(-c2c(-c3cn(C)nc3C)noc2N)cc1C. The van der Waals surface area contributed by atoms with E-state index >= 15 is 0 Å². The molecule has 3 aromatic rings. The van der Waals surface area contributed by atoms with Crippen LogP contribution in [0.25, 0.3) is 22.4 Å². The molecule has 2 aromatic heterocycles. The lowest BCUT2D eigenvalue weighted by molar-refractivity contribution is 0.439. The zero-order chi connectivity index (χ0) is 15.1. The predicted octanol–water partition coefficient (Wildman–Crippen LogP) is 3.25. The summed E-state index contributed by atoms with van der Waals surface area (Å²) in [6.45, 7) is 6.12. The van der Waals surface area contributed by atoms with Gasteiger partial charge in [0, 0.05) is 18.8 Å². The van der Waals surface area contributed by atoms with E-state index in [1.807, 2.05) is 26.2 Å². The summed E-state index contributed by atoms with van der Waals surface area (Å²) in [5.41, 5.74) is 12.9. The highest BCUT2D eigenvalue weighted by molar-refractivity contribution is 5.87. The third-order valence-electron chi connectivity index (χ3n) is 3.78. The second-order valence-corrected chi connectivity index (χ2v) is 5.37. The van der Waals surface area contributed by atoms with Crippen LogP contribution >= 0.6 is 0 Å². The largest absolute Gasteiger partial charge is 0.367 e. The van der Waals surface area contributed by atoms with Gasteiger partial charge in [-0.1, -0.05) is 23.4 Å². The summed E-state index contributed by atoms with van der Waals surface area (Å²) in [5, 5.41) is 8.49. The predicted molar refractivity (Wildman–Crippen MR) is 82.8 cm³/mol. The van der Waals surface area contributed by atoms with Crippen molar-refractivity contribution in [1.29, 1.82) is 0 Å². The molecule has 0 atom stereocenters. The Morgan fingerprint density at radius 2 is 1.90 bits per heavy atom. The van der Waals surface area contributed by atoms with Gasteiger partial charge in [0.25, 0.3) is 0 Å². The normalized spacial score (nSPS) is 11.0. The van der Waals surface area contributed by atoms with Gasteiger partial charge in [-0.05, 0) is 37.5 Å². The van der Waals surface area contributed by atoms with Gasteiger partial charge < -0.3 is 10.3 Å². The monoisotopic (exact) mass is 282 g/mol. The van der Waals surface area contributed by atoms with Crippen molar-refractivity contribution in [2.24, 2.45) is 7.05 Å². The number of benzene rings is 1. The van der Waals surface area contributed by atoms with Crippen LogP contribution in [0.15, 0.2) is 28.9 Å². The molecule has 2 N–H and O–H groups in total. The average molecular weight is 282 g/mol. The van der Waals surface area contributed by atoms with E-state index in [0.29, 0.717) is 5.88 Å². The second kappa shape index (κ2) is 4.77. The summed E-state index contributed by atoms with van der Waals surface area (Å²) in [7, 11) is 1.88. The molecular weight excluding hydrogens is 264 g/mol. The number of aromatic nitrogens is 3. The first kappa shape index (κ1) is 13.4. The minimum absolute atomic E-state index is 0.330. The van der Waals surface area contributed by atoms with E-state index in [9.17, 15) is 0 Å². The van der Waals surface area contributed by atoms with E-state index in [-0.39, 0.29) is 0 Å². The molecule has 5 nitrogen and oxygen atoms in total. The smallest absolute Gasteiger partial charge is 0.230 e. The van der Waals surface area contributed by atoms with E-state index in [1.165, 1.54) is 11.1 Å². The number of hydrogen-bond acceptors (Lipinski definition) is 4. The number of anilines is 1. The number of nitrogens with zero attached hydrogens (tertiary/aromatic N) is 3. The Hall–Kier alpha value is -2.56. The van der Waals surface area contributed by atoms with Crippen molar-refractivity contribution in [1.82, 2.24) is 14.9 Å². The fourth-order valence-corrected chi connectivity index (χ4v) is 2.49. The summed E-state index contributed by atoms with van der Waals surface area (Å²) in [4.78, 5) is 0. The van der Waals surface area contributed by atoms with Crippen molar-refractivity contribution in [3.05, 3.63) is 41.2 Å². The van der Waals surface area contributed by atoms with Crippen LogP contribution in [0.2, 0.25) is 0 Å². The molecule has 0 saturated carbocycles. The minimum Gasteiger partial charge on any atom is -0.367 e. The topological polar surface area (TPSA) is 69.9 Å². The maximum Gasteiger partial charge on any atom is 0.230 e. The van der Waals surface area contributed by atoms with Gasteiger partial charge in [-0.15, -0.1) is 0 Å². The molecule has 0 amide bonds. The highest BCUT2D eigenvalue weighted by Gasteiger charge is 2.20. The Morgan fingerprint density at radius 3 is 2.52 bits per heavy atom. The molecule has 5 heteroatoms. The van der Waals surface area contributed by atoms with Gasteiger partial charge in [-0.3, -0.25) is 4.68 Å². The van der Waals surface area contributed by atoms with Crippen molar-refractivity contribution in [3.8, 4) is 22.4 Å². The number of nitrogen functional groups attached to an aromatic ring is 1. The summed E-state index contributed by atoms with van der Waals surface area (Å²) in [6, 6.07) is 6.23. The molecule has 0 radical (unpaired) electrons. The first-order valence-electron chi connectivity index (χ1n) is 6.80. The molecule has 0 unspecified atom stereocenters. The van der Waals surface area contributed by atoms with Crippen LogP contribution in [0.4, 0.5) is 5.88 Å². The zero-order valence-corrected chi connectivity index (χ0v) is 12.6. The average Bonchev–Trinajstić information content (AvgIpc) is 2.95. The first-order chi connectivity index (χ1) is 9.97. The molecule has 1 aromatic carbocycles. The molecule has 0 bridgehead atoms. The molecule has 21 heavy (non-hydrogen) atoms. The van der Waals surface area contributed by atoms with Crippen LogP contribution in [0.3, 0.4) is 0 Å². The Morgan fingerprint density at radius 1 is 1.14 bits per heavy atom. The number of hydrogen-bond donors (Lipinski definition) is 1. The van der Waals surface area contributed by atoms with Gasteiger partial charge >= 0.3 is 0 Å². The third-order valence-corrected chi connectivity index (χ3v) is 3.78. The highest BCUT2D eigenvalue weighted by atomic mass is 16.5. The summed E-state index contributed by atoms with van der Waals surface area (Å²) >= 11 is 0. The van der Waals surface area contributed by atoms with Crippen LogP contribution in [-0.4, -0.2) is 14.9 Å². The Bertz CT molecular complexity index is 814. The standard InChI is InChI=1S/C16H18N4O/c1-9-5-6-12(7-10(9)2)14-15(19-21-16(14)17)13-8-20(4)18-11(13)3/h5-8H,17H2,1-4H3. The summed E-state index contributed by atoms with van der Waals surface area (Å²) < 4.78 is 6.99. The van der Waals surface area contributed by atoms with Gasteiger partial charge in [0.05, 0.1) is 11.3 Å². The second-order valence-electron chi connectivity index (χ2n) is 5.37. The quantitative estimate of drug-likeness (QED) is 0.783. The van der Waals surface area contributed by atoms with E-state index in [4.69, 9.17) is 10.3 Å².